The molecule has 0 saturated carbocycles. The molecule has 206 valence electrons. The maximum atomic E-state index is 11.8. The van der Waals surface area contributed by atoms with Crippen LogP contribution in [0.25, 0.3) is 16.7 Å². The van der Waals surface area contributed by atoms with E-state index < -0.39 is 22.8 Å². The second-order valence-electron chi connectivity index (χ2n) is 11.0. The second-order valence-corrected chi connectivity index (χ2v) is 11.0. The summed E-state index contributed by atoms with van der Waals surface area (Å²) in [5, 5.41) is 23.7. The Hall–Kier alpha value is -4.08. The van der Waals surface area contributed by atoms with Gasteiger partial charge >= 0.3 is 5.97 Å². The van der Waals surface area contributed by atoms with Gasteiger partial charge in [0.2, 0.25) is 5.89 Å². The zero-order valence-corrected chi connectivity index (χ0v) is 22.6. The first-order chi connectivity index (χ1) is 19.3. The molecule has 2 aliphatic rings. The third-order valence-electron chi connectivity index (χ3n) is 8.38. The number of fused-ring (bicyclic) bond motifs is 1. The van der Waals surface area contributed by atoms with Crippen LogP contribution < -0.4 is 0 Å². The van der Waals surface area contributed by atoms with E-state index in [-0.39, 0.29) is 12.5 Å². The van der Waals surface area contributed by atoms with E-state index in [0.29, 0.717) is 35.8 Å². The highest BCUT2D eigenvalue weighted by Crippen LogP contribution is 2.56. The molecule has 6 rings (SSSR count). The fourth-order valence-electron chi connectivity index (χ4n) is 6.19. The number of rotatable bonds is 7. The van der Waals surface area contributed by atoms with Crippen molar-refractivity contribution in [2.45, 2.75) is 57.7 Å². The maximum Gasteiger partial charge on any atom is 0.320 e. The van der Waals surface area contributed by atoms with Crippen LogP contribution in [0.5, 0.6) is 0 Å². The van der Waals surface area contributed by atoms with Crippen molar-refractivity contribution in [3.8, 4) is 0 Å². The quantitative estimate of drug-likeness (QED) is 0.329. The van der Waals surface area contributed by atoms with Crippen LogP contribution in [0.15, 0.2) is 75.7 Å². The van der Waals surface area contributed by atoms with Gasteiger partial charge in [0.05, 0.1) is 0 Å². The van der Waals surface area contributed by atoms with Gasteiger partial charge in [-0.3, -0.25) is 9.69 Å². The summed E-state index contributed by atoms with van der Waals surface area (Å²) in [7, 11) is 0. The van der Waals surface area contributed by atoms with Crippen LogP contribution in [-0.2, 0) is 23.4 Å². The van der Waals surface area contributed by atoms with Crippen molar-refractivity contribution in [2.75, 3.05) is 6.54 Å². The molecule has 1 saturated heterocycles. The second kappa shape index (κ2) is 10.1. The molecule has 1 unspecified atom stereocenters. The van der Waals surface area contributed by atoms with Crippen molar-refractivity contribution in [1.82, 2.24) is 20.0 Å². The smallest absolute Gasteiger partial charge is 0.320 e. The van der Waals surface area contributed by atoms with Crippen molar-refractivity contribution in [1.29, 1.82) is 0 Å². The van der Waals surface area contributed by atoms with Gasteiger partial charge in [-0.05, 0) is 48.2 Å². The number of nitrogens with zero attached hydrogens (tertiary/aromatic N) is 4. The van der Waals surface area contributed by atoms with E-state index in [0.717, 1.165) is 36.1 Å². The molecule has 2 N–H and O–H groups in total. The number of likely N-dealkylation sites (tertiary alicyclic amines) is 1. The normalized spacial score (nSPS) is 22.9. The van der Waals surface area contributed by atoms with Crippen molar-refractivity contribution in [3.05, 3.63) is 95.5 Å². The highest BCUT2D eigenvalue weighted by atomic mass is 16.5. The average molecular weight is 541 g/mol. The number of hydrogen-bond acceptors (Lipinski definition) is 8. The lowest BCUT2D eigenvalue weighted by molar-refractivity contribution is -0.144. The molecule has 4 aromatic rings. The van der Waals surface area contributed by atoms with E-state index in [1.54, 1.807) is 0 Å². The molecular weight excluding hydrogens is 508 g/mol. The number of carboxylic acids is 1. The molecule has 0 spiro atoms. The number of hydrogen-bond donors (Lipinski definition) is 2. The molecule has 2 aromatic carbocycles. The molecule has 2 aromatic heterocycles. The van der Waals surface area contributed by atoms with Crippen molar-refractivity contribution >= 4 is 22.6 Å². The van der Waals surface area contributed by atoms with Gasteiger partial charge in [-0.1, -0.05) is 80.1 Å². The van der Waals surface area contributed by atoms with Crippen LogP contribution in [0, 0.1) is 5.41 Å². The van der Waals surface area contributed by atoms with Gasteiger partial charge in [-0.2, -0.15) is 4.98 Å². The fourth-order valence-corrected chi connectivity index (χ4v) is 6.19. The van der Waals surface area contributed by atoms with Gasteiger partial charge in [0, 0.05) is 12.0 Å². The van der Waals surface area contributed by atoms with Crippen molar-refractivity contribution < 1.29 is 23.9 Å². The van der Waals surface area contributed by atoms with Crippen molar-refractivity contribution in [2.24, 2.45) is 5.41 Å². The molecular formula is C31H32N4O5. The van der Waals surface area contributed by atoms with Crippen LogP contribution in [0.2, 0.25) is 0 Å². The van der Waals surface area contributed by atoms with E-state index in [9.17, 15) is 15.0 Å². The number of oxazole rings is 1. The molecule has 9 heteroatoms. The van der Waals surface area contributed by atoms with Crippen LogP contribution in [0.4, 0.5) is 0 Å². The summed E-state index contributed by atoms with van der Waals surface area (Å²) in [6.45, 7) is 5.11. The maximum absolute atomic E-state index is 11.8. The largest absolute Gasteiger partial charge is 0.480 e. The minimum atomic E-state index is -1.04. The van der Waals surface area contributed by atoms with Crippen LogP contribution in [-0.4, -0.2) is 48.8 Å². The predicted molar refractivity (Wildman–Crippen MR) is 148 cm³/mol. The number of aromatic nitrogens is 3. The molecule has 0 bridgehead atoms. The number of allylic oxidation sites excluding steroid dienone is 4. The standard InChI is InChI=1S/C31H32N4O5/c1-30(2)22(21-9-4-3-5-10-21)11-8-15-31(30,28-33-26(19-36)40-34-28)29-32-23-17-20(13-14-25(23)39-29)18-35-16-7-6-12-24(35)27(37)38/h3-5,8-11,13-15,17,24,36H,6-7,12,16,18-19H2,1-2H3,(H,37,38)/t24-,31?/m0/s1. The van der Waals surface area contributed by atoms with E-state index >= 15 is 0 Å². The minimum Gasteiger partial charge on any atom is -0.480 e. The SMILES string of the molecule is CC1(C)C(c2ccccc2)=CC=CC1(c1noc(CO)n1)c1nc2cc(CN3CCCC[C@H]3C(=O)O)ccc2o1. The summed E-state index contributed by atoms with van der Waals surface area (Å²) in [6, 6.07) is 15.5. The van der Waals surface area contributed by atoms with Crippen molar-refractivity contribution in [3.63, 3.8) is 0 Å². The van der Waals surface area contributed by atoms with Crippen LogP contribution in [0.3, 0.4) is 0 Å². The molecule has 1 fully saturated rings. The van der Waals surface area contributed by atoms with E-state index in [4.69, 9.17) is 13.9 Å². The topological polar surface area (TPSA) is 126 Å². The monoisotopic (exact) mass is 540 g/mol. The third kappa shape index (κ3) is 4.26. The van der Waals surface area contributed by atoms with Gasteiger partial charge < -0.3 is 19.2 Å². The zero-order valence-electron chi connectivity index (χ0n) is 22.6. The molecule has 40 heavy (non-hydrogen) atoms. The molecule has 3 heterocycles. The Balaban J connectivity index is 1.44. The highest BCUT2D eigenvalue weighted by molar-refractivity contribution is 5.78. The number of aliphatic carboxylic acids is 1. The molecule has 9 nitrogen and oxygen atoms in total. The van der Waals surface area contributed by atoms with Gasteiger partial charge in [0.25, 0.3) is 5.89 Å². The Morgan fingerprint density at radius 3 is 2.70 bits per heavy atom. The predicted octanol–water partition coefficient (Wildman–Crippen LogP) is 5.11. The van der Waals surface area contributed by atoms with Gasteiger partial charge in [0.1, 0.15) is 23.6 Å². The lowest BCUT2D eigenvalue weighted by Gasteiger charge is -2.44. The summed E-state index contributed by atoms with van der Waals surface area (Å²) in [5.74, 6) is 0.0996. The Kier molecular flexibility index (Phi) is 6.64. The van der Waals surface area contributed by atoms with Gasteiger partial charge in [-0.25, -0.2) is 4.98 Å². The third-order valence-corrected chi connectivity index (χ3v) is 8.38. The number of carboxylic acid groups (broad SMARTS) is 1. The van der Waals surface area contributed by atoms with E-state index in [1.165, 1.54) is 0 Å². The van der Waals surface area contributed by atoms with Crippen LogP contribution in [0.1, 0.15) is 61.8 Å². The Labute approximate surface area is 231 Å². The first-order valence-corrected chi connectivity index (χ1v) is 13.6. The summed E-state index contributed by atoms with van der Waals surface area (Å²) < 4.78 is 11.8. The highest BCUT2D eigenvalue weighted by Gasteiger charge is 2.56. The summed E-state index contributed by atoms with van der Waals surface area (Å²) in [4.78, 5) is 23.4. The van der Waals surface area contributed by atoms with Crippen LogP contribution >= 0.6 is 0 Å². The lowest BCUT2D eigenvalue weighted by Crippen LogP contribution is -2.45. The van der Waals surface area contributed by atoms with E-state index in [1.807, 2.05) is 53.5 Å². The van der Waals surface area contributed by atoms with Gasteiger partial charge in [-0.15, -0.1) is 0 Å². The zero-order chi connectivity index (χ0) is 27.9. The first-order valence-electron chi connectivity index (χ1n) is 13.6. The summed E-state index contributed by atoms with van der Waals surface area (Å²) in [5.41, 5.74) is 2.69. The summed E-state index contributed by atoms with van der Waals surface area (Å²) in [6.07, 6.45) is 8.61. The fraction of sp³-hybridized carbons (Fsp3) is 0.355. The molecule has 1 aliphatic carbocycles. The Bertz CT molecular complexity index is 1600. The average Bonchev–Trinajstić information content (AvgIpc) is 3.61. The van der Waals surface area contributed by atoms with E-state index in [2.05, 4.69) is 42.2 Å². The lowest BCUT2D eigenvalue weighted by atomic mass is 9.57. The Morgan fingerprint density at radius 2 is 1.95 bits per heavy atom. The molecule has 0 radical (unpaired) electrons. The van der Waals surface area contributed by atoms with Gasteiger partial charge in [0.15, 0.2) is 11.4 Å². The number of piperidine rings is 1. The minimum absolute atomic E-state index is 0.113. The number of aliphatic hydroxyl groups excluding tert-OH is 1. The molecule has 2 atom stereocenters. The number of carbonyl (C=O) groups is 1. The molecule has 1 aliphatic heterocycles. The number of benzene rings is 2. The first kappa shape index (κ1) is 26.2. The molecule has 0 amide bonds. The summed E-state index contributed by atoms with van der Waals surface area (Å²) >= 11 is 0. The Morgan fingerprint density at radius 1 is 1.12 bits per heavy atom. The number of aliphatic hydroxyl groups is 1.